The Hall–Kier alpha value is -1.70. The Labute approximate surface area is 139 Å². The highest BCUT2D eigenvalue weighted by Crippen LogP contribution is 2.53. The maximum absolute atomic E-state index is 10.4. The first-order valence-electron chi connectivity index (χ1n) is 8.74. The van der Waals surface area contributed by atoms with E-state index in [9.17, 15) is 10.2 Å². The molecule has 1 aromatic rings. The van der Waals surface area contributed by atoms with Gasteiger partial charge in [0.25, 0.3) is 0 Å². The summed E-state index contributed by atoms with van der Waals surface area (Å²) in [5.74, 6) is 0.926. The highest BCUT2D eigenvalue weighted by molar-refractivity contribution is 5.51. The van der Waals surface area contributed by atoms with Gasteiger partial charge in [-0.2, -0.15) is 0 Å². The van der Waals surface area contributed by atoms with Crippen molar-refractivity contribution < 1.29 is 10.2 Å². The van der Waals surface area contributed by atoms with Crippen LogP contribution in [0.25, 0.3) is 0 Å². The van der Waals surface area contributed by atoms with E-state index in [1.165, 1.54) is 24.0 Å². The first kappa shape index (κ1) is 16.2. The molecule has 0 fully saturated rings. The van der Waals surface area contributed by atoms with Crippen molar-refractivity contribution in [1.82, 2.24) is 0 Å². The minimum absolute atomic E-state index is 0.0363. The number of phenols is 2. The molecule has 124 valence electrons. The molecule has 0 spiro atoms. The highest BCUT2D eigenvalue weighted by Gasteiger charge is 2.37. The Bertz CT molecular complexity index is 666. The third-order valence-corrected chi connectivity index (χ3v) is 5.95. The fraction of sp³-hybridized carbons (Fsp3) is 0.524. The fourth-order valence-electron chi connectivity index (χ4n) is 4.49. The van der Waals surface area contributed by atoms with Crippen LogP contribution in [0.15, 0.2) is 41.5 Å². The second kappa shape index (κ2) is 5.74. The van der Waals surface area contributed by atoms with Crippen LogP contribution in [0.5, 0.6) is 11.5 Å². The number of rotatable bonds is 1. The number of hydrogen-bond acceptors (Lipinski definition) is 2. The molecule has 0 saturated heterocycles. The lowest BCUT2D eigenvalue weighted by molar-refractivity contribution is 0.349. The Morgan fingerprint density at radius 1 is 1.17 bits per heavy atom. The average molecular weight is 312 g/mol. The SMILES string of the molecule is C=C1[C@@H](c2cc(O)ccc2O)C2=C(CC[C@H]1C)C(C)(C)CCC2. The van der Waals surface area contributed by atoms with Gasteiger partial charge in [-0.15, -0.1) is 0 Å². The predicted molar refractivity (Wildman–Crippen MR) is 94.7 cm³/mol. The van der Waals surface area contributed by atoms with Crippen LogP contribution >= 0.6 is 0 Å². The summed E-state index contributed by atoms with van der Waals surface area (Å²) >= 11 is 0. The molecule has 0 amide bonds. The summed E-state index contributed by atoms with van der Waals surface area (Å²) in [6.07, 6.45) is 5.73. The molecular formula is C21H28O2. The zero-order chi connectivity index (χ0) is 16.8. The monoisotopic (exact) mass is 312 g/mol. The minimum atomic E-state index is 0.0363. The Balaban J connectivity index is 2.20. The van der Waals surface area contributed by atoms with E-state index in [-0.39, 0.29) is 22.8 Å². The number of allylic oxidation sites excluding steroid dienone is 3. The quantitative estimate of drug-likeness (QED) is 0.518. The second-order valence-electron chi connectivity index (χ2n) is 7.93. The molecule has 2 atom stereocenters. The van der Waals surface area contributed by atoms with Crippen molar-refractivity contribution in [2.24, 2.45) is 11.3 Å². The van der Waals surface area contributed by atoms with E-state index in [4.69, 9.17) is 0 Å². The summed E-state index contributed by atoms with van der Waals surface area (Å²) in [5, 5.41) is 20.4. The molecule has 2 nitrogen and oxygen atoms in total. The van der Waals surface area contributed by atoms with Crippen LogP contribution in [0, 0.1) is 11.3 Å². The van der Waals surface area contributed by atoms with E-state index in [0.717, 1.165) is 24.8 Å². The van der Waals surface area contributed by atoms with Crippen LogP contribution in [0.1, 0.15) is 64.4 Å². The van der Waals surface area contributed by atoms with Crippen LogP contribution in [0.3, 0.4) is 0 Å². The Morgan fingerprint density at radius 3 is 2.65 bits per heavy atom. The first-order chi connectivity index (χ1) is 10.8. The summed E-state index contributed by atoms with van der Waals surface area (Å²) in [6.45, 7) is 11.3. The van der Waals surface area contributed by atoms with E-state index in [0.29, 0.717) is 5.92 Å². The number of aromatic hydroxyl groups is 2. The number of benzene rings is 1. The van der Waals surface area contributed by atoms with Crippen molar-refractivity contribution in [1.29, 1.82) is 0 Å². The van der Waals surface area contributed by atoms with Gasteiger partial charge in [-0.3, -0.25) is 0 Å². The largest absolute Gasteiger partial charge is 0.508 e. The summed E-state index contributed by atoms with van der Waals surface area (Å²) in [4.78, 5) is 0. The summed E-state index contributed by atoms with van der Waals surface area (Å²) in [6, 6.07) is 4.86. The molecule has 2 heteroatoms. The van der Waals surface area contributed by atoms with Gasteiger partial charge in [0, 0.05) is 11.5 Å². The Kier molecular flexibility index (Phi) is 4.03. The van der Waals surface area contributed by atoms with Gasteiger partial charge in [0.05, 0.1) is 0 Å². The van der Waals surface area contributed by atoms with Crippen LogP contribution in [0.2, 0.25) is 0 Å². The van der Waals surface area contributed by atoms with Crippen molar-refractivity contribution in [2.45, 2.75) is 58.8 Å². The number of hydrogen-bond donors (Lipinski definition) is 2. The van der Waals surface area contributed by atoms with Gasteiger partial charge in [-0.25, -0.2) is 0 Å². The predicted octanol–water partition coefficient (Wildman–Crippen LogP) is 5.67. The molecule has 1 aromatic carbocycles. The lowest BCUT2D eigenvalue weighted by Crippen LogP contribution is -2.23. The lowest BCUT2D eigenvalue weighted by atomic mass is 9.67. The first-order valence-corrected chi connectivity index (χ1v) is 8.74. The minimum Gasteiger partial charge on any atom is -0.508 e. The normalized spacial score (nSPS) is 27.5. The zero-order valence-electron chi connectivity index (χ0n) is 14.5. The molecular weight excluding hydrogens is 284 g/mol. The van der Waals surface area contributed by atoms with Crippen LogP contribution < -0.4 is 0 Å². The molecule has 2 aliphatic carbocycles. The molecule has 0 heterocycles. The molecule has 23 heavy (non-hydrogen) atoms. The summed E-state index contributed by atoms with van der Waals surface area (Å²) in [7, 11) is 0. The molecule has 0 aliphatic heterocycles. The van der Waals surface area contributed by atoms with E-state index in [2.05, 4.69) is 27.4 Å². The molecule has 0 saturated carbocycles. The molecule has 0 unspecified atom stereocenters. The third-order valence-electron chi connectivity index (χ3n) is 5.95. The van der Waals surface area contributed by atoms with Gasteiger partial charge in [-0.1, -0.05) is 44.1 Å². The van der Waals surface area contributed by atoms with E-state index >= 15 is 0 Å². The molecule has 0 radical (unpaired) electrons. The molecule has 0 aromatic heterocycles. The maximum Gasteiger partial charge on any atom is 0.119 e. The van der Waals surface area contributed by atoms with Crippen molar-refractivity contribution in [3.8, 4) is 11.5 Å². The van der Waals surface area contributed by atoms with Gasteiger partial charge >= 0.3 is 0 Å². The summed E-state index contributed by atoms with van der Waals surface area (Å²) in [5.41, 5.74) is 5.21. The average Bonchev–Trinajstić information content (AvgIpc) is 2.60. The molecule has 3 rings (SSSR count). The van der Waals surface area contributed by atoms with Gasteiger partial charge in [0.2, 0.25) is 0 Å². The topological polar surface area (TPSA) is 40.5 Å². The van der Waals surface area contributed by atoms with E-state index < -0.39 is 0 Å². The smallest absolute Gasteiger partial charge is 0.119 e. The second-order valence-corrected chi connectivity index (χ2v) is 7.93. The van der Waals surface area contributed by atoms with Gasteiger partial charge in [0.1, 0.15) is 11.5 Å². The van der Waals surface area contributed by atoms with Crippen molar-refractivity contribution >= 4 is 0 Å². The molecule has 0 bridgehead atoms. The van der Waals surface area contributed by atoms with Crippen molar-refractivity contribution in [3.63, 3.8) is 0 Å². The van der Waals surface area contributed by atoms with Crippen LogP contribution in [-0.4, -0.2) is 10.2 Å². The standard InChI is InChI=1S/C21H28O2/c1-13-7-9-18-16(6-5-11-21(18,3)4)20(14(13)2)17-12-15(22)8-10-19(17)23/h8,10,12-13,20,22-23H,2,5-7,9,11H2,1,3-4H3/t13-,20-/m1/s1. The highest BCUT2D eigenvalue weighted by atomic mass is 16.3. The molecule has 2 aliphatic rings. The van der Waals surface area contributed by atoms with Gasteiger partial charge < -0.3 is 10.2 Å². The third kappa shape index (κ3) is 2.80. The number of phenolic OH excluding ortho intramolecular Hbond substituents is 2. The maximum atomic E-state index is 10.4. The van der Waals surface area contributed by atoms with Gasteiger partial charge in [-0.05, 0) is 61.6 Å². The van der Waals surface area contributed by atoms with Crippen LogP contribution in [-0.2, 0) is 0 Å². The molecule has 2 N–H and O–H groups in total. The lowest BCUT2D eigenvalue weighted by Gasteiger charge is -2.37. The summed E-state index contributed by atoms with van der Waals surface area (Å²) < 4.78 is 0. The van der Waals surface area contributed by atoms with Gasteiger partial charge in [0.15, 0.2) is 0 Å². The fourth-order valence-corrected chi connectivity index (χ4v) is 4.49. The van der Waals surface area contributed by atoms with Crippen molar-refractivity contribution in [2.75, 3.05) is 0 Å². The Morgan fingerprint density at radius 2 is 1.91 bits per heavy atom. The van der Waals surface area contributed by atoms with Crippen LogP contribution in [0.4, 0.5) is 0 Å². The van der Waals surface area contributed by atoms with Crippen molar-refractivity contribution in [3.05, 3.63) is 47.1 Å². The van der Waals surface area contributed by atoms with E-state index in [1.54, 1.807) is 23.8 Å². The zero-order valence-corrected chi connectivity index (χ0v) is 14.5. The van der Waals surface area contributed by atoms with E-state index in [1.807, 2.05) is 0 Å².